The second-order valence-corrected chi connectivity index (χ2v) is 3.46. The highest BCUT2D eigenvalue weighted by Crippen LogP contribution is 2.17. The SMILES string of the molecule is CSc1ncc(CBr)c(NC=O)n1. The molecule has 0 saturated heterocycles. The fourth-order valence-electron chi connectivity index (χ4n) is 0.768. The number of anilines is 1. The Morgan fingerprint density at radius 3 is 3.08 bits per heavy atom. The third-order valence-corrected chi connectivity index (χ3v) is 2.53. The first-order valence-electron chi connectivity index (χ1n) is 3.48. The predicted molar refractivity (Wildman–Crippen MR) is 56.1 cm³/mol. The lowest BCUT2D eigenvalue weighted by Gasteiger charge is -2.04. The minimum absolute atomic E-state index is 0.561. The molecule has 0 atom stereocenters. The van der Waals surface area contributed by atoms with Gasteiger partial charge in [-0.1, -0.05) is 27.7 Å². The van der Waals surface area contributed by atoms with Gasteiger partial charge in [0, 0.05) is 17.1 Å². The van der Waals surface area contributed by atoms with Crippen molar-refractivity contribution < 1.29 is 4.79 Å². The lowest BCUT2D eigenvalue weighted by molar-refractivity contribution is -0.105. The highest BCUT2D eigenvalue weighted by atomic mass is 79.9. The monoisotopic (exact) mass is 261 g/mol. The van der Waals surface area contributed by atoms with Crippen LogP contribution in [0.2, 0.25) is 0 Å². The summed E-state index contributed by atoms with van der Waals surface area (Å²) in [7, 11) is 0. The second kappa shape index (κ2) is 5.18. The van der Waals surface area contributed by atoms with E-state index in [2.05, 4.69) is 31.2 Å². The summed E-state index contributed by atoms with van der Waals surface area (Å²) in [6, 6.07) is 0. The van der Waals surface area contributed by atoms with Gasteiger partial charge in [-0.15, -0.1) is 0 Å². The fraction of sp³-hybridized carbons (Fsp3) is 0.286. The number of alkyl halides is 1. The van der Waals surface area contributed by atoms with Crippen LogP contribution in [0.5, 0.6) is 0 Å². The molecule has 0 unspecified atom stereocenters. The Balaban J connectivity index is 3.01. The van der Waals surface area contributed by atoms with Gasteiger partial charge < -0.3 is 5.32 Å². The standard InChI is InChI=1S/C7H8BrN3OS/c1-13-7-9-3-5(2-8)6(11-7)10-4-12/h3-4H,2H2,1H3,(H,9,10,11,12). The van der Waals surface area contributed by atoms with Crippen molar-refractivity contribution in [3.05, 3.63) is 11.8 Å². The van der Waals surface area contributed by atoms with Crippen LogP contribution in [0.3, 0.4) is 0 Å². The molecule has 0 aliphatic heterocycles. The van der Waals surface area contributed by atoms with E-state index in [0.29, 0.717) is 22.7 Å². The molecule has 0 fully saturated rings. The van der Waals surface area contributed by atoms with E-state index in [0.717, 1.165) is 5.56 Å². The summed E-state index contributed by atoms with van der Waals surface area (Å²) in [5.41, 5.74) is 0.866. The molecule has 1 aromatic heterocycles. The molecule has 13 heavy (non-hydrogen) atoms. The number of amides is 1. The van der Waals surface area contributed by atoms with E-state index in [1.165, 1.54) is 11.8 Å². The zero-order valence-corrected chi connectivity index (χ0v) is 9.35. The molecule has 0 aliphatic carbocycles. The number of nitrogens with one attached hydrogen (secondary N) is 1. The van der Waals surface area contributed by atoms with Gasteiger partial charge in [-0.3, -0.25) is 4.79 Å². The summed E-state index contributed by atoms with van der Waals surface area (Å²) in [5, 5.41) is 3.80. The minimum atomic E-state index is 0.561. The van der Waals surface area contributed by atoms with Crippen molar-refractivity contribution in [2.45, 2.75) is 10.5 Å². The van der Waals surface area contributed by atoms with Gasteiger partial charge in [-0.05, 0) is 6.26 Å². The normalized spacial score (nSPS) is 9.69. The van der Waals surface area contributed by atoms with Gasteiger partial charge in [0.05, 0.1) is 0 Å². The maximum atomic E-state index is 10.2. The molecule has 1 N–H and O–H groups in total. The molecule has 1 amide bonds. The number of carbonyl (C=O) groups excluding carboxylic acids is 1. The van der Waals surface area contributed by atoms with Crippen LogP contribution in [0, 0.1) is 0 Å². The summed E-state index contributed by atoms with van der Waals surface area (Å²) in [4.78, 5) is 18.5. The van der Waals surface area contributed by atoms with Gasteiger partial charge in [0.1, 0.15) is 5.82 Å². The van der Waals surface area contributed by atoms with E-state index < -0.39 is 0 Å². The minimum Gasteiger partial charge on any atom is -0.313 e. The molecule has 1 aromatic rings. The van der Waals surface area contributed by atoms with E-state index in [4.69, 9.17) is 0 Å². The van der Waals surface area contributed by atoms with Gasteiger partial charge >= 0.3 is 0 Å². The summed E-state index contributed by atoms with van der Waals surface area (Å²) >= 11 is 4.72. The van der Waals surface area contributed by atoms with Gasteiger partial charge in [-0.2, -0.15) is 0 Å². The van der Waals surface area contributed by atoms with Crippen molar-refractivity contribution >= 4 is 39.9 Å². The smallest absolute Gasteiger partial charge is 0.212 e. The number of nitrogens with zero attached hydrogens (tertiary/aromatic N) is 2. The summed E-state index contributed by atoms with van der Waals surface area (Å²) in [5.74, 6) is 0.561. The summed E-state index contributed by atoms with van der Waals surface area (Å²) < 4.78 is 0. The molecule has 0 aliphatic rings. The molecular formula is C7H8BrN3OS. The van der Waals surface area contributed by atoms with Crippen LogP contribution in [0.25, 0.3) is 0 Å². The molecule has 6 heteroatoms. The van der Waals surface area contributed by atoms with Gasteiger partial charge in [0.25, 0.3) is 0 Å². The maximum Gasteiger partial charge on any atom is 0.212 e. The third-order valence-electron chi connectivity index (χ3n) is 1.36. The van der Waals surface area contributed by atoms with Crippen molar-refractivity contribution in [2.24, 2.45) is 0 Å². The highest BCUT2D eigenvalue weighted by Gasteiger charge is 2.04. The number of rotatable bonds is 4. The topological polar surface area (TPSA) is 54.9 Å². The molecule has 0 radical (unpaired) electrons. The number of hydrogen-bond donors (Lipinski definition) is 1. The van der Waals surface area contributed by atoms with Crippen LogP contribution in [0.4, 0.5) is 5.82 Å². The third kappa shape index (κ3) is 2.67. The number of hydrogen-bond acceptors (Lipinski definition) is 4. The Morgan fingerprint density at radius 2 is 2.54 bits per heavy atom. The summed E-state index contributed by atoms with van der Waals surface area (Å²) in [6.07, 6.45) is 4.19. The quantitative estimate of drug-likeness (QED) is 0.388. The van der Waals surface area contributed by atoms with Crippen molar-refractivity contribution in [2.75, 3.05) is 11.6 Å². The molecular weight excluding hydrogens is 254 g/mol. The van der Waals surface area contributed by atoms with E-state index in [1.54, 1.807) is 6.20 Å². The summed E-state index contributed by atoms with van der Waals surface area (Å²) in [6.45, 7) is 0. The number of carbonyl (C=O) groups is 1. The molecule has 0 saturated carbocycles. The molecule has 0 bridgehead atoms. The van der Waals surface area contributed by atoms with E-state index in [-0.39, 0.29) is 0 Å². The van der Waals surface area contributed by atoms with Gasteiger partial charge in [0.2, 0.25) is 6.41 Å². The first kappa shape index (κ1) is 10.5. The lowest BCUT2D eigenvalue weighted by Crippen LogP contribution is -2.02. The Bertz CT molecular complexity index is 308. The second-order valence-electron chi connectivity index (χ2n) is 2.13. The first-order valence-corrected chi connectivity index (χ1v) is 5.82. The average Bonchev–Trinajstić information content (AvgIpc) is 2.18. The predicted octanol–water partition coefficient (Wildman–Crippen LogP) is 1.66. The van der Waals surface area contributed by atoms with E-state index in [1.807, 2.05) is 6.26 Å². The number of halogens is 1. The first-order chi connectivity index (χ1) is 6.31. The van der Waals surface area contributed by atoms with Crippen molar-refractivity contribution in [1.29, 1.82) is 0 Å². The zero-order valence-electron chi connectivity index (χ0n) is 6.95. The highest BCUT2D eigenvalue weighted by molar-refractivity contribution is 9.08. The fourth-order valence-corrected chi connectivity index (χ4v) is 1.52. The van der Waals surface area contributed by atoms with Crippen LogP contribution in [0.1, 0.15) is 5.56 Å². The lowest BCUT2D eigenvalue weighted by atomic mass is 10.3. The molecule has 4 nitrogen and oxygen atoms in total. The largest absolute Gasteiger partial charge is 0.313 e. The maximum absolute atomic E-state index is 10.2. The van der Waals surface area contributed by atoms with Gasteiger partial charge in [-0.25, -0.2) is 9.97 Å². The van der Waals surface area contributed by atoms with Gasteiger partial charge in [0.15, 0.2) is 5.16 Å². The van der Waals surface area contributed by atoms with Crippen LogP contribution < -0.4 is 5.32 Å². The molecule has 0 aromatic carbocycles. The van der Waals surface area contributed by atoms with Crippen molar-refractivity contribution in [3.8, 4) is 0 Å². The van der Waals surface area contributed by atoms with Crippen LogP contribution in [-0.2, 0) is 10.1 Å². The molecule has 70 valence electrons. The van der Waals surface area contributed by atoms with E-state index in [9.17, 15) is 4.79 Å². The number of aromatic nitrogens is 2. The van der Waals surface area contributed by atoms with Crippen LogP contribution >= 0.6 is 27.7 Å². The Morgan fingerprint density at radius 1 is 1.77 bits per heavy atom. The molecule has 0 spiro atoms. The average molecular weight is 262 g/mol. The zero-order chi connectivity index (χ0) is 9.68. The van der Waals surface area contributed by atoms with Crippen molar-refractivity contribution in [3.63, 3.8) is 0 Å². The molecule has 1 rings (SSSR count). The molecule has 1 heterocycles. The van der Waals surface area contributed by atoms with Crippen molar-refractivity contribution in [1.82, 2.24) is 9.97 Å². The van der Waals surface area contributed by atoms with Crippen LogP contribution in [0.15, 0.2) is 11.4 Å². The Labute approximate surface area is 88.7 Å². The van der Waals surface area contributed by atoms with E-state index >= 15 is 0 Å². The van der Waals surface area contributed by atoms with Crippen LogP contribution in [-0.4, -0.2) is 22.6 Å². The Kier molecular flexibility index (Phi) is 4.17. The Hall–Kier alpha value is -0.620. The number of thioether (sulfide) groups is 1.